The van der Waals surface area contributed by atoms with Crippen LogP contribution in [-0.4, -0.2) is 24.5 Å². The van der Waals surface area contributed by atoms with E-state index in [1.54, 1.807) is 0 Å². The van der Waals surface area contributed by atoms with E-state index in [4.69, 9.17) is 5.84 Å². The Labute approximate surface area is 130 Å². The summed E-state index contributed by atoms with van der Waals surface area (Å²) in [6.07, 6.45) is 3.22. The number of nitrogens with zero attached hydrogens (tertiary/aromatic N) is 1. The summed E-state index contributed by atoms with van der Waals surface area (Å²) in [5.41, 5.74) is 5.79. The van der Waals surface area contributed by atoms with Crippen molar-refractivity contribution in [1.82, 2.24) is 10.3 Å². The number of benzene rings is 1. The standard InChI is InChI=1S/C18H33N3/c1-7-18(8-2,21(5)6)17(20-19)16-11-9-10-15(13-16)12-14(3)4/h9-11,13-14,17,20H,7-8,12,19H2,1-6H3. The summed E-state index contributed by atoms with van der Waals surface area (Å²) in [6.45, 7) is 9.00. The second kappa shape index (κ2) is 7.92. The first kappa shape index (κ1) is 18.1. The summed E-state index contributed by atoms with van der Waals surface area (Å²) in [5.74, 6) is 6.62. The molecule has 0 aromatic heterocycles. The number of hydrazine groups is 1. The van der Waals surface area contributed by atoms with E-state index in [0.717, 1.165) is 19.3 Å². The predicted octanol–water partition coefficient (Wildman–Crippen LogP) is 3.51. The van der Waals surface area contributed by atoms with Crippen LogP contribution in [0.3, 0.4) is 0 Å². The highest BCUT2D eigenvalue weighted by Gasteiger charge is 2.38. The SMILES string of the molecule is CCC(CC)(C(NN)c1cccc(CC(C)C)c1)N(C)C. The largest absolute Gasteiger partial charge is 0.302 e. The lowest BCUT2D eigenvalue weighted by molar-refractivity contribution is 0.0881. The minimum Gasteiger partial charge on any atom is -0.302 e. The quantitative estimate of drug-likeness (QED) is 0.569. The smallest absolute Gasteiger partial charge is 0.0643 e. The Morgan fingerprint density at radius 3 is 2.24 bits per heavy atom. The van der Waals surface area contributed by atoms with Gasteiger partial charge in [-0.15, -0.1) is 0 Å². The molecular formula is C18H33N3. The summed E-state index contributed by atoms with van der Waals surface area (Å²) in [6, 6.07) is 9.01. The molecule has 0 aliphatic carbocycles. The molecule has 1 unspecified atom stereocenters. The predicted molar refractivity (Wildman–Crippen MR) is 92.0 cm³/mol. The molecular weight excluding hydrogens is 258 g/mol. The molecule has 0 amide bonds. The van der Waals surface area contributed by atoms with Gasteiger partial charge in [-0.1, -0.05) is 52.0 Å². The Bertz CT molecular complexity index is 422. The van der Waals surface area contributed by atoms with E-state index in [1.807, 2.05) is 0 Å². The molecule has 1 atom stereocenters. The number of nitrogens with two attached hydrogens (primary N) is 1. The van der Waals surface area contributed by atoms with Gasteiger partial charge in [-0.25, -0.2) is 0 Å². The van der Waals surface area contributed by atoms with E-state index >= 15 is 0 Å². The van der Waals surface area contributed by atoms with E-state index in [1.165, 1.54) is 11.1 Å². The van der Waals surface area contributed by atoms with Crippen molar-refractivity contribution in [2.75, 3.05) is 14.1 Å². The zero-order chi connectivity index (χ0) is 16.0. The third-order valence-corrected chi connectivity index (χ3v) is 4.75. The van der Waals surface area contributed by atoms with Crippen LogP contribution in [0, 0.1) is 5.92 Å². The van der Waals surface area contributed by atoms with Crippen molar-refractivity contribution in [1.29, 1.82) is 0 Å². The van der Waals surface area contributed by atoms with Crippen LogP contribution in [0.1, 0.15) is 57.7 Å². The third-order valence-electron chi connectivity index (χ3n) is 4.75. The minimum atomic E-state index is 0.0329. The highest BCUT2D eigenvalue weighted by Crippen LogP contribution is 2.35. The van der Waals surface area contributed by atoms with Gasteiger partial charge in [0, 0.05) is 5.54 Å². The zero-order valence-electron chi connectivity index (χ0n) is 14.6. The zero-order valence-corrected chi connectivity index (χ0v) is 14.6. The maximum atomic E-state index is 5.95. The van der Waals surface area contributed by atoms with E-state index < -0.39 is 0 Å². The molecule has 0 saturated carbocycles. The average molecular weight is 291 g/mol. The van der Waals surface area contributed by atoms with E-state index in [0.29, 0.717) is 5.92 Å². The van der Waals surface area contributed by atoms with Crippen molar-refractivity contribution in [2.45, 2.75) is 58.5 Å². The van der Waals surface area contributed by atoms with Gasteiger partial charge >= 0.3 is 0 Å². The fourth-order valence-corrected chi connectivity index (χ4v) is 3.48. The highest BCUT2D eigenvalue weighted by molar-refractivity contribution is 5.29. The first-order valence-electron chi connectivity index (χ1n) is 8.13. The van der Waals surface area contributed by atoms with Gasteiger partial charge in [0.1, 0.15) is 0 Å². The molecule has 1 rings (SSSR count). The van der Waals surface area contributed by atoms with Gasteiger partial charge in [-0.05, 0) is 50.4 Å². The van der Waals surface area contributed by atoms with E-state index in [9.17, 15) is 0 Å². The first-order valence-corrected chi connectivity index (χ1v) is 8.13. The Hall–Kier alpha value is -0.900. The van der Waals surface area contributed by atoms with Crippen molar-refractivity contribution in [2.24, 2.45) is 11.8 Å². The molecule has 0 saturated heterocycles. The van der Waals surface area contributed by atoms with Gasteiger partial charge in [0.05, 0.1) is 6.04 Å². The van der Waals surface area contributed by atoms with Crippen LogP contribution < -0.4 is 11.3 Å². The molecule has 0 fully saturated rings. The van der Waals surface area contributed by atoms with E-state index in [-0.39, 0.29) is 11.6 Å². The van der Waals surface area contributed by atoms with Crippen LogP contribution in [0.5, 0.6) is 0 Å². The van der Waals surface area contributed by atoms with Crippen molar-refractivity contribution >= 4 is 0 Å². The number of likely N-dealkylation sites (N-methyl/N-ethyl adjacent to an activating group) is 1. The Morgan fingerprint density at radius 2 is 1.81 bits per heavy atom. The van der Waals surface area contributed by atoms with Crippen LogP contribution in [-0.2, 0) is 6.42 Å². The Balaban J connectivity index is 3.19. The van der Waals surface area contributed by atoms with Gasteiger partial charge < -0.3 is 4.90 Å². The molecule has 0 aliphatic heterocycles. The maximum Gasteiger partial charge on any atom is 0.0643 e. The van der Waals surface area contributed by atoms with Crippen LogP contribution in [0.15, 0.2) is 24.3 Å². The number of rotatable bonds is 8. The van der Waals surface area contributed by atoms with Crippen LogP contribution in [0.4, 0.5) is 0 Å². The normalized spacial score (nSPS) is 14.0. The second-order valence-electron chi connectivity index (χ2n) is 6.65. The molecule has 0 bridgehead atoms. The lowest BCUT2D eigenvalue weighted by atomic mass is 9.79. The van der Waals surface area contributed by atoms with Gasteiger partial charge in [0.2, 0.25) is 0 Å². The second-order valence-corrected chi connectivity index (χ2v) is 6.65. The number of nitrogens with one attached hydrogen (secondary N) is 1. The van der Waals surface area contributed by atoms with Crippen molar-refractivity contribution in [3.63, 3.8) is 0 Å². The van der Waals surface area contributed by atoms with Gasteiger partial charge in [-0.3, -0.25) is 11.3 Å². The summed E-state index contributed by atoms with van der Waals surface area (Å²) in [7, 11) is 4.30. The number of hydrogen-bond donors (Lipinski definition) is 2. The van der Waals surface area contributed by atoms with Gasteiger partial charge in [0.25, 0.3) is 0 Å². The third kappa shape index (κ3) is 4.06. The molecule has 120 valence electrons. The van der Waals surface area contributed by atoms with Crippen molar-refractivity contribution < 1.29 is 0 Å². The molecule has 0 spiro atoms. The summed E-state index contributed by atoms with van der Waals surface area (Å²) >= 11 is 0. The summed E-state index contributed by atoms with van der Waals surface area (Å²) in [4.78, 5) is 2.31. The molecule has 0 aliphatic rings. The molecule has 3 N–H and O–H groups in total. The Morgan fingerprint density at radius 1 is 1.19 bits per heavy atom. The lowest BCUT2D eigenvalue weighted by Crippen LogP contribution is -2.54. The summed E-state index contributed by atoms with van der Waals surface area (Å²) < 4.78 is 0. The van der Waals surface area contributed by atoms with Crippen LogP contribution >= 0.6 is 0 Å². The topological polar surface area (TPSA) is 41.3 Å². The Kier molecular flexibility index (Phi) is 6.85. The monoisotopic (exact) mass is 291 g/mol. The highest BCUT2D eigenvalue weighted by atomic mass is 15.3. The molecule has 21 heavy (non-hydrogen) atoms. The number of hydrogen-bond acceptors (Lipinski definition) is 3. The average Bonchev–Trinajstić information content (AvgIpc) is 2.44. The lowest BCUT2D eigenvalue weighted by Gasteiger charge is -2.45. The molecule has 1 aromatic rings. The van der Waals surface area contributed by atoms with Crippen molar-refractivity contribution in [3.8, 4) is 0 Å². The first-order chi connectivity index (χ1) is 9.91. The fourth-order valence-electron chi connectivity index (χ4n) is 3.48. The minimum absolute atomic E-state index is 0.0329. The maximum absolute atomic E-state index is 5.95. The van der Waals surface area contributed by atoms with Crippen molar-refractivity contribution in [3.05, 3.63) is 35.4 Å². The fraction of sp³-hybridized carbons (Fsp3) is 0.667. The van der Waals surface area contributed by atoms with Gasteiger partial charge in [0.15, 0.2) is 0 Å². The molecule has 0 radical (unpaired) electrons. The molecule has 1 aromatic carbocycles. The van der Waals surface area contributed by atoms with E-state index in [2.05, 4.69) is 76.4 Å². The summed E-state index contributed by atoms with van der Waals surface area (Å²) in [5, 5.41) is 0. The molecule has 3 heteroatoms. The van der Waals surface area contributed by atoms with Gasteiger partial charge in [-0.2, -0.15) is 0 Å². The van der Waals surface area contributed by atoms with Crippen LogP contribution in [0.25, 0.3) is 0 Å². The molecule has 3 nitrogen and oxygen atoms in total. The van der Waals surface area contributed by atoms with Crippen LogP contribution in [0.2, 0.25) is 0 Å². The molecule has 0 heterocycles.